The van der Waals surface area contributed by atoms with Gasteiger partial charge in [0.15, 0.2) is 5.78 Å². The number of ketones is 1. The monoisotopic (exact) mass is 722 g/mol. The predicted octanol–water partition coefficient (Wildman–Crippen LogP) is 7.39. The zero-order valence-corrected chi connectivity index (χ0v) is 31.2. The summed E-state index contributed by atoms with van der Waals surface area (Å²) in [6.45, 7) is 0. The second-order valence-corrected chi connectivity index (χ2v) is 15.2. The highest BCUT2D eigenvalue weighted by Gasteiger charge is 2.39. The largest absolute Gasteiger partial charge is 0.369 e. The number of halogens is 3. The van der Waals surface area contributed by atoms with Crippen molar-refractivity contribution in [2.45, 2.75) is 94.2 Å². The molecule has 7 nitrogen and oxygen atoms in total. The Bertz CT molecular complexity index is 1620. The first-order valence-electron chi connectivity index (χ1n) is 17.9. The number of benzene rings is 3. The highest BCUT2D eigenvalue weighted by molar-refractivity contribution is 6.30. The summed E-state index contributed by atoms with van der Waals surface area (Å²) in [6, 6.07) is 20.4. The van der Waals surface area contributed by atoms with Gasteiger partial charge in [0.1, 0.15) is 11.6 Å². The molecule has 3 aromatic rings. The number of carbonyl (C=O) groups is 3. The molecule has 0 unspecified atom stereocenters. The van der Waals surface area contributed by atoms with Gasteiger partial charge in [-0.25, -0.2) is 8.78 Å². The molecule has 0 bridgehead atoms. The number of rotatable bonds is 12. The molecular weight excluding hydrogens is 670 g/mol. The van der Waals surface area contributed by atoms with Crippen molar-refractivity contribution in [2.75, 3.05) is 28.2 Å². The molecule has 51 heavy (non-hydrogen) atoms. The van der Waals surface area contributed by atoms with Crippen molar-refractivity contribution in [1.29, 1.82) is 0 Å². The molecule has 2 saturated carbocycles. The maximum absolute atomic E-state index is 14.2. The summed E-state index contributed by atoms with van der Waals surface area (Å²) in [7, 11) is 8.30. The number of nitrogens with one attached hydrogen (secondary N) is 1. The van der Waals surface area contributed by atoms with Crippen molar-refractivity contribution in [3.8, 4) is 0 Å². The van der Waals surface area contributed by atoms with E-state index >= 15 is 0 Å². The molecular formula is C41H53ClF2N4O3. The third-order valence-corrected chi connectivity index (χ3v) is 11.4. The SMILES string of the molecule is CN(C)C1(Cc2cccc(Cl)c2)CCC(C(N)=O)CC1.CN(C)C1(Cc2ccccc2F)CCC(NC(=O)CCC(=O)c2ccc(F)cc2)CC1. The molecule has 0 saturated heterocycles. The maximum Gasteiger partial charge on any atom is 0.220 e. The number of hydrogen-bond acceptors (Lipinski definition) is 5. The van der Waals surface area contributed by atoms with Gasteiger partial charge in [-0.05, 0) is 146 Å². The van der Waals surface area contributed by atoms with Crippen LogP contribution in [-0.4, -0.2) is 72.7 Å². The fourth-order valence-corrected chi connectivity index (χ4v) is 7.85. The van der Waals surface area contributed by atoms with E-state index < -0.39 is 5.82 Å². The number of nitrogens with zero attached hydrogens (tertiary/aromatic N) is 2. The smallest absolute Gasteiger partial charge is 0.220 e. The molecule has 0 aliphatic heterocycles. The number of likely N-dealkylation sites (N-methyl/N-ethyl adjacent to an activating group) is 2. The van der Waals surface area contributed by atoms with Gasteiger partial charge in [-0.3, -0.25) is 14.4 Å². The molecule has 2 aliphatic rings. The van der Waals surface area contributed by atoms with Crippen molar-refractivity contribution in [2.24, 2.45) is 11.7 Å². The van der Waals surface area contributed by atoms with E-state index in [1.54, 1.807) is 6.07 Å². The summed E-state index contributed by atoms with van der Waals surface area (Å²) < 4.78 is 27.2. The van der Waals surface area contributed by atoms with Gasteiger partial charge >= 0.3 is 0 Å². The summed E-state index contributed by atoms with van der Waals surface area (Å²) in [4.78, 5) is 40.3. The lowest BCUT2D eigenvalue weighted by molar-refractivity contribution is -0.124. The molecule has 5 rings (SSSR count). The summed E-state index contributed by atoms with van der Waals surface area (Å²) in [6.07, 6.45) is 8.91. The minimum Gasteiger partial charge on any atom is -0.369 e. The number of carbonyl (C=O) groups excluding carboxylic acids is 3. The second-order valence-electron chi connectivity index (χ2n) is 14.8. The minimum atomic E-state index is -0.393. The zero-order chi connectivity index (χ0) is 37.2. The Morgan fingerprint density at radius 3 is 1.94 bits per heavy atom. The third kappa shape index (κ3) is 11.2. The Balaban J connectivity index is 0.000000251. The van der Waals surface area contributed by atoms with E-state index in [9.17, 15) is 23.2 Å². The van der Waals surface area contributed by atoms with Crippen LogP contribution in [0.25, 0.3) is 0 Å². The second kappa shape index (κ2) is 18.2. The predicted molar refractivity (Wildman–Crippen MR) is 200 cm³/mol. The van der Waals surface area contributed by atoms with Crippen LogP contribution in [0.1, 0.15) is 85.7 Å². The van der Waals surface area contributed by atoms with E-state index in [1.807, 2.05) is 44.4 Å². The van der Waals surface area contributed by atoms with Gasteiger partial charge < -0.3 is 20.9 Å². The highest BCUT2D eigenvalue weighted by atomic mass is 35.5. The standard InChI is InChI=1S/C25H30F2N2O2.C16H23ClN2O/c1-29(2)25(17-19-5-3-4-6-22(19)27)15-13-21(14-16-25)28-24(31)12-11-23(30)18-7-9-20(26)10-8-18;1-19(2)16(8-6-13(7-9-16)15(18)20)11-12-4-3-5-14(17)10-12/h3-10,21H,11-17H2,1-2H3,(H,28,31);3-5,10,13H,6-9,11H2,1-2H3,(H2,18,20). The van der Waals surface area contributed by atoms with Gasteiger partial charge in [-0.2, -0.15) is 0 Å². The van der Waals surface area contributed by atoms with Gasteiger partial charge in [0, 0.05) is 46.5 Å². The van der Waals surface area contributed by atoms with Crippen molar-refractivity contribution in [1.82, 2.24) is 15.1 Å². The Labute approximate surface area is 306 Å². The summed E-state index contributed by atoms with van der Waals surface area (Å²) in [5.74, 6) is -0.995. The molecule has 0 radical (unpaired) electrons. The van der Waals surface area contributed by atoms with E-state index in [4.69, 9.17) is 17.3 Å². The fraction of sp³-hybridized carbons (Fsp3) is 0.488. The quantitative estimate of drug-likeness (QED) is 0.190. The number of Topliss-reactive ketones (excluding diaryl/α,β-unsaturated/α-hetero) is 1. The van der Waals surface area contributed by atoms with Crippen LogP contribution in [-0.2, 0) is 22.4 Å². The zero-order valence-electron chi connectivity index (χ0n) is 30.4. The molecule has 3 N–H and O–H groups in total. The van der Waals surface area contributed by atoms with Crippen LogP contribution in [0.5, 0.6) is 0 Å². The molecule has 10 heteroatoms. The van der Waals surface area contributed by atoms with Gasteiger partial charge in [0.2, 0.25) is 11.8 Å². The van der Waals surface area contributed by atoms with Crippen LogP contribution in [0.15, 0.2) is 72.8 Å². The van der Waals surface area contributed by atoms with Crippen LogP contribution >= 0.6 is 11.6 Å². The van der Waals surface area contributed by atoms with Crippen LogP contribution < -0.4 is 11.1 Å². The Morgan fingerprint density at radius 2 is 1.37 bits per heavy atom. The first-order chi connectivity index (χ1) is 24.2. The van der Waals surface area contributed by atoms with Crippen LogP contribution in [0, 0.1) is 17.6 Å². The molecule has 2 fully saturated rings. The summed E-state index contributed by atoms with van der Waals surface area (Å²) >= 11 is 6.08. The fourth-order valence-electron chi connectivity index (χ4n) is 7.63. The molecule has 0 aromatic heterocycles. The van der Waals surface area contributed by atoms with Crippen LogP contribution in [0.4, 0.5) is 8.78 Å². The molecule has 276 valence electrons. The average molecular weight is 723 g/mol. The van der Waals surface area contributed by atoms with E-state index in [0.717, 1.165) is 68.4 Å². The first kappa shape index (κ1) is 40.1. The molecule has 0 atom stereocenters. The van der Waals surface area contributed by atoms with E-state index in [1.165, 1.54) is 35.9 Å². The van der Waals surface area contributed by atoms with E-state index in [2.05, 4.69) is 35.3 Å². The number of primary amides is 1. The van der Waals surface area contributed by atoms with Crippen molar-refractivity contribution in [3.63, 3.8) is 0 Å². The molecule has 2 amide bonds. The molecule has 0 spiro atoms. The normalized spacial score (nSPS) is 23.3. The van der Waals surface area contributed by atoms with E-state index in [-0.39, 0.29) is 59.3 Å². The highest BCUT2D eigenvalue weighted by Crippen LogP contribution is 2.38. The van der Waals surface area contributed by atoms with Crippen molar-refractivity contribution in [3.05, 3.63) is 106 Å². The topological polar surface area (TPSA) is 95.7 Å². The minimum absolute atomic E-state index is 0.0439. The lowest BCUT2D eigenvalue weighted by Crippen LogP contribution is -2.52. The number of nitrogens with two attached hydrogens (primary N) is 1. The third-order valence-electron chi connectivity index (χ3n) is 11.1. The molecule has 2 aliphatic carbocycles. The first-order valence-corrected chi connectivity index (χ1v) is 18.3. The Hall–Kier alpha value is -3.66. The van der Waals surface area contributed by atoms with Crippen molar-refractivity contribution >= 4 is 29.2 Å². The number of amides is 2. The Kier molecular flexibility index (Phi) is 14.3. The van der Waals surface area contributed by atoms with Crippen LogP contribution in [0.2, 0.25) is 5.02 Å². The van der Waals surface area contributed by atoms with E-state index in [0.29, 0.717) is 12.0 Å². The van der Waals surface area contributed by atoms with Crippen LogP contribution in [0.3, 0.4) is 0 Å². The van der Waals surface area contributed by atoms with Gasteiger partial charge in [0.05, 0.1) is 0 Å². The summed E-state index contributed by atoms with van der Waals surface area (Å²) in [5.41, 5.74) is 7.79. The molecule has 3 aromatic carbocycles. The Morgan fingerprint density at radius 1 is 0.784 bits per heavy atom. The average Bonchev–Trinajstić information content (AvgIpc) is 3.10. The van der Waals surface area contributed by atoms with Gasteiger partial charge in [0.25, 0.3) is 0 Å². The van der Waals surface area contributed by atoms with Gasteiger partial charge in [-0.15, -0.1) is 0 Å². The molecule has 0 heterocycles. The maximum atomic E-state index is 14.2. The lowest BCUT2D eigenvalue weighted by atomic mass is 9.72. The number of hydrogen-bond donors (Lipinski definition) is 2. The lowest BCUT2D eigenvalue weighted by Gasteiger charge is -2.45. The van der Waals surface area contributed by atoms with Gasteiger partial charge in [-0.1, -0.05) is 41.9 Å². The summed E-state index contributed by atoms with van der Waals surface area (Å²) in [5, 5.41) is 3.82. The van der Waals surface area contributed by atoms with Crippen molar-refractivity contribution < 1.29 is 23.2 Å².